The minimum atomic E-state index is 0.200. The second-order valence-corrected chi connectivity index (χ2v) is 15.8. The van der Waals surface area contributed by atoms with E-state index in [4.69, 9.17) is 19.4 Å². The topological polar surface area (TPSA) is 55.1 Å². The monoisotopic (exact) mass is 748 g/mol. The highest BCUT2D eigenvalue weighted by molar-refractivity contribution is 7.26. The lowest BCUT2D eigenvalue weighted by atomic mass is 9.91. The molecule has 0 bridgehead atoms. The molecule has 7 aromatic carbocycles. The Balaban J connectivity index is 1.03. The second-order valence-electron chi connectivity index (χ2n) is 14.7. The number of hydrogen-bond donors (Lipinski definition) is 0. The van der Waals surface area contributed by atoms with E-state index in [1.807, 2.05) is 60.7 Å². The Hall–Kier alpha value is -7.15. The Morgan fingerprint density at radius 3 is 2.00 bits per heavy atom. The van der Waals surface area contributed by atoms with Gasteiger partial charge >= 0.3 is 0 Å². The number of hydrogen-bond acceptors (Lipinski definition) is 6. The van der Waals surface area contributed by atoms with Crippen LogP contribution >= 0.6 is 11.3 Å². The Kier molecular flexibility index (Phi) is 7.16. The Morgan fingerprint density at radius 1 is 0.491 bits per heavy atom. The van der Waals surface area contributed by atoms with Gasteiger partial charge in [0.05, 0.1) is 17.1 Å². The summed E-state index contributed by atoms with van der Waals surface area (Å²) in [6.45, 7) is 0. The van der Waals surface area contributed by atoms with Crippen molar-refractivity contribution in [2.45, 2.75) is 12.0 Å². The lowest BCUT2D eigenvalue weighted by Gasteiger charge is -2.29. The number of thiophene rings is 1. The molecule has 4 heterocycles. The van der Waals surface area contributed by atoms with E-state index in [9.17, 15) is 0 Å². The van der Waals surface area contributed by atoms with Crippen LogP contribution in [0.25, 0.3) is 87.4 Å². The first kappa shape index (κ1) is 32.1. The van der Waals surface area contributed by atoms with E-state index < -0.39 is 0 Å². The molecule has 0 N–H and O–H groups in total. The molecule has 2 unspecified atom stereocenters. The van der Waals surface area contributed by atoms with Gasteiger partial charge < -0.3 is 9.32 Å². The van der Waals surface area contributed by atoms with Crippen LogP contribution in [0.1, 0.15) is 11.5 Å². The molecule has 57 heavy (non-hydrogen) atoms. The smallest absolute Gasteiger partial charge is 0.164 e. The fraction of sp³-hybridized carbons (Fsp3) is 0.0392. The van der Waals surface area contributed by atoms with Crippen LogP contribution in [0.3, 0.4) is 0 Å². The van der Waals surface area contributed by atoms with Crippen molar-refractivity contribution in [1.29, 1.82) is 0 Å². The van der Waals surface area contributed by atoms with Gasteiger partial charge in [0.2, 0.25) is 0 Å². The normalized spacial score (nSPS) is 15.9. The average molecular weight is 749 g/mol. The standard InChI is InChI=1S/C51H32N4OS/c1-3-14-31(15-4-1)49-52-50(32-16-5-2-6-17-32)54-51(53-49)38-22-12-27-45-46(38)39-30-33(28-29-44(39)57-45)34-20-11-21-37-47-42(25-13-26-43(47)56-48(34)37)55-40-23-9-7-18-35(40)36-19-8-10-24-41(36)55/h1-30,35,40H. The number of anilines is 2. The summed E-state index contributed by atoms with van der Waals surface area (Å²) in [5.41, 5.74) is 10.6. The molecule has 3 aromatic heterocycles. The predicted octanol–water partition coefficient (Wildman–Crippen LogP) is 13.5. The van der Waals surface area contributed by atoms with E-state index in [0.29, 0.717) is 23.4 Å². The van der Waals surface area contributed by atoms with Crippen LogP contribution in [0.15, 0.2) is 186 Å². The first-order valence-corrected chi connectivity index (χ1v) is 20.1. The van der Waals surface area contributed by atoms with Gasteiger partial charge in [0.25, 0.3) is 0 Å². The maximum atomic E-state index is 6.86. The number of rotatable bonds is 5. The maximum Gasteiger partial charge on any atom is 0.164 e. The predicted molar refractivity (Wildman–Crippen MR) is 235 cm³/mol. The van der Waals surface area contributed by atoms with Crippen molar-refractivity contribution in [3.05, 3.63) is 188 Å². The van der Waals surface area contributed by atoms with Gasteiger partial charge in [0.15, 0.2) is 17.5 Å². The van der Waals surface area contributed by atoms with Gasteiger partial charge in [-0.2, -0.15) is 0 Å². The molecule has 0 saturated carbocycles. The minimum Gasteiger partial charge on any atom is -0.455 e. The zero-order chi connectivity index (χ0) is 37.5. The summed E-state index contributed by atoms with van der Waals surface area (Å²) in [7, 11) is 0. The number of allylic oxidation sites excluding steroid dienone is 2. The number of fused-ring (bicyclic) bond motifs is 9. The number of benzene rings is 7. The van der Waals surface area contributed by atoms with E-state index in [0.717, 1.165) is 66.2 Å². The molecule has 268 valence electrons. The Labute approximate surface area is 332 Å². The van der Waals surface area contributed by atoms with Gasteiger partial charge in [-0.05, 0) is 47.5 Å². The molecule has 2 aliphatic rings. The largest absolute Gasteiger partial charge is 0.455 e. The third kappa shape index (κ3) is 5.04. The van der Waals surface area contributed by atoms with Crippen molar-refractivity contribution in [2.75, 3.05) is 4.90 Å². The zero-order valence-corrected chi connectivity index (χ0v) is 31.4. The maximum absolute atomic E-state index is 6.86. The fourth-order valence-corrected chi connectivity index (χ4v) is 10.0. The molecule has 0 fully saturated rings. The molecule has 1 aliphatic carbocycles. The van der Waals surface area contributed by atoms with E-state index in [2.05, 4.69) is 126 Å². The third-order valence-electron chi connectivity index (χ3n) is 11.5. The molecule has 0 radical (unpaired) electrons. The van der Waals surface area contributed by atoms with E-state index in [1.165, 1.54) is 20.7 Å². The van der Waals surface area contributed by atoms with Crippen molar-refractivity contribution >= 4 is 64.8 Å². The second kappa shape index (κ2) is 12.7. The minimum absolute atomic E-state index is 0.200. The summed E-state index contributed by atoms with van der Waals surface area (Å²) >= 11 is 1.79. The molecule has 0 spiro atoms. The van der Waals surface area contributed by atoms with Crippen molar-refractivity contribution < 1.29 is 4.42 Å². The molecule has 5 nitrogen and oxygen atoms in total. The number of aromatic nitrogens is 3. The summed E-state index contributed by atoms with van der Waals surface area (Å²) in [4.78, 5) is 17.7. The van der Waals surface area contributed by atoms with Crippen molar-refractivity contribution in [1.82, 2.24) is 15.0 Å². The average Bonchev–Trinajstić information content (AvgIpc) is 3.96. The Morgan fingerprint density at radius 2 is 1.18 bits per heavy atom. The van der Waals surface area contributed by atoms with Crippen LogP contribution in [-0.4, -0.2) is 21.0 Å². The van der Waals surface area contributed by atoms with Gasteiger partial charge in [-0.1, -0.05) is 146 Å². The van der Waals surface area contributed by atoms with E-state index in [-0.39, 0.29) is 6.04 Å². The zero-order valence-electron chi connectivity index (χ0n) is 30.6. The molecule has 1 aliphatic heterocycles. The lowest BCUT2D eigenvalue weighted by molar-refractivity contribution is 0.669. The molecule has 2 atom stereocenters. The van der Waals surface area contributed by atoms with Crippen molar-refractivity contribution in [2.24, 2.45) is 0 Å². The van der Waals surface area contributed by atoms with Gasteiger partial charge in [-0.3, -0.25) is 0 Å². The number of furan rings is 1. The third-order valence-corrected chi connectivity index (χ3v) is 12.6. The lowest BCUT2D eigenvalue weighted by Crippen LogP contribution is -2.28. The Bertz CT molecular complexity index is 3210. The van der Waals surface area contributed by atoms with Crippen molar-refractivity contribution in [3.63, 3.8) is 0 Å². The summed E-state index contributed by atoms with van der Waals surface area (Å²) in [5.74, 6) is 2.26. The van der Waals surface area contributed by atoms with Crippen LogP contribution in [0.2, 0.25) is 0 Å². The highest BCUT2D eigenvalue weighted by atomic mass is 32.1. The number of nitrogens with zero attached hydrogens (tertiary/aromatic N) is 4. The fourth-order valence-electron chi connectivity index (χ4n) is 8.94. The SMILES string of the molecule is C1=CC2c3ccccc3N(c3cccc4oc5c(-c6ccc7sc8cccc(-c9nc(-c%10ccccc%10)nc(-c%10ccccc%10)n9)c8c7c6)cccc5c34)C2C=C1. The molecule has 6 heteroatoms. The molecule has 10 aromatic rings. The molecule has 0 saturated heterocycles. The van der Waals surface area contributed by atoms with E-state index in [1.54, 1.807) is 11.3 Å². The first-order valence-electron chi connectivity index (χ1n) is 19.3. The molecular weight excluding hydrogens is 717 g/mol. The summed E-state index contributed by atoms with van der Waals surface area (Å²) in [6.07, 6.45) is 9.00. The van der Waals surface area contributed by atoms with Crippen LogP contribution in [0.4, 0.5) is 11.4 Å². The van der Waals surface area contributed by atoms with E-state index >= 15 is 0 Å². The van der Waals surface area contributed by atoms with Gasteiger partial charge in [-0.15, -0.1) is 11.3 Å². The number of para-hydroxylation sites is 2. The molecule has 0 amide bonds. The van der Waals surface area contributed by atoms with Crippen molar-refractivity contribution in [3.8, 4) is 45.3 Å². The highest BCUT2D eigenvalue weighted by Gasteiger charge is 2.38. The van der Waals surface area contributed by atoms with Crippen LogP contribution < -0.4 is 4.90 Å². The van der Waals surface area contributed by atoms with Crippen LogP contribution in [-0.2, 0) is 0 Å². The first-order chi connectivity index (χ1) is 28.3. The summed E-state index contributed by atoms with van der Waals surface area (Å²) < 4.78 is 9.26. The van der Waals surface area contributed by atoms with Gasteiger partial charge in [-0.25, -0.2) is 15.0 Å². The molecule has 12 rings (SSSR count). The molecular formula is C51H32N4OS. The highest BCUT2D eigenvalue weighted by Crippen LogP contribution is 2.51. The summed E-state index contributed by atoms with van der Waals surface area (Å²) in [5, 5.41) is 4.55. The summed E-state index contributed by atoms with van der Waals surface area (Å²) in [6, 6.07) is 55.5. The quantitative estimate of drug-likeness (QED) is 0.175. The van der Waals surface area contributed by atoms with Gasteiger partial charge in [0, 0.05) is 59.4 Å². The van der Waals surface area contributed by atoms with Crippen LogP contribution in [0, 0.1) is 0 Å². The van der Waals surface area contributed by atoms with Crippen LogP contribution in [0.5, 0.6) is 0 Å². The van der Waals surface area contributed by atoms with Gasteiger partial charge in [0.1, 0.15) is 11.2 Å².